The van der Waals surface area contributed by atoms with Gasteiger partial charge in [-0.05, 0) is 71.6 Å². The maximum absolute atomic E-state index is 13.0. The zero-order valence-electron chi connectivity index (χ0n) is 20.2. The van der Waals surface area contributed by atoms with E-state index in [2.05, 4.69) is 46.3 Å². The van der Waals surface area contributed by atoms with Gasteiger partial charge in [-0.25, -0.2) is 4.79 Å². The molecular weight excluding hydrogens is 450 g/mol. The molecule has 4 aromatic rings. The predicted molar refractivity (Wildman–Crippen MR) is 143 cm³/mol. The van der Waals surface area contributed by atoms with Crippen LogP contribution in [0.1, 0.15) is 18.4 Å². The van der Waals surface area contributed by atoms with Gasteiger partial charge in [0.2, 0.25) is 5.91 Å². The Morgan fingerprint density at radius 1 is 0.833 bits per heavy atom. The molecule has 3 N–H and O–H groups in total. The summed E-state index contributed by atoms with van der Waals surface area (Å²) >= 11 is 0. The van der Waals surface area contributed by atoms with Crippen LogP contribution in [0, 0.1) is 5.92 Å². The van der Waals surface area contributed by atoms with Crippen molar-refractivity contribution in [1.29, 1.82) is 0 Å². The number of hydrogen-bond acceptors (Lipinski definition) is 4. The van der Waals surface area contributed by atoms with Gasteiger partial charge in [0.05, 0.1) is 6.04 Å². The van der Waals surface area contributed by atoms with E-state index in [4.69, 9.17) is 4.74 Å². The number of fused-ring (bicyclic) bond motifs is 2. The largest absolute Gasteiger partial charge is 0.412 e. The molecule has 0 bridgehead atoms. The molecule has 6 nitrogen and oxygen atoms in total. The minimum atomic E-state index is -0.537. The van der Waals surface area contributed by atoms with E-state index in [1.807, 2.05) is 48.5 Å². The van der Waals surface area contributed by atoms with Crippen molar-refractivity contribution in [2.75, 3.05) is 19.6 Å². The Labute approximate surface area is 211 Å². The van der Waals surface area contributed by atoms with Crippen LogP contribution < -0.4 is 20.7 Å². The Bertz CT molecular complexity index is 1360. The quantitative estimate of drug-likeness (QED) is 0.354. The summed E-state index contributed by atoms with van der Waals surface area (Å²) in [7, 11) is 0. The zero-order valence-corrected chi connectivity index (χ0v) is 20.2. The smallest absolute Gasteiger partial charge is 0.410 e. The molecule has 0 radical (unpaired) electrons. The normalized spacial score (nSPS) is 14.9. The first-order valence-electron chi connectivity index (χ1n) is 12.6. The van der Waals surface area contributed by atoms with Crippen LogP contribution in [-0.2, 0) is 11.2 Å². The molecule has 2 amide bonds. The van der Waals surface area contributed by atoms with Gasteiger partial charge in [-0.2, -0.15) is 0 Å². The Morgan fingerprint density at radius 3 is 2.19 bits per heavy atom. The molecule has 4 aromatic carbocycles. The fourth-order valence-corrected chi connectivity index (χ4v) is 4.81. The maximum Gasteiger partial charge on any atom is 0.412 e. The molecule has 0 saturated carbocycles. The van der Waals surface area contributed by atoms with Crippen LogP contribution >= 0.6 is 0 Å². The van der Waals surface area contributed by atoms with Crippen molar-refractivity contribution in [3.8, 4) is 5.75 Å². The average Bonchev–Trinajstić information content (AvgIpc) is 2.92. The minimum Gasteiger partial charge on any atom is -0.410 e. The first-order valence-corrected chi connectivity index (χ1v) is 12.6. The fraction of sp³-hybridized carbons (Fsp3) is 0.267. The summed E-state index contributed by atoms with van der Waals surface area (Å²) in [5.41, 5.74) is 1.11. The lowest BCUT2D eigenvalue weighted by molar-refractivity contribution is -0.126. The fourth-order valence-electron chi connectivity index (χ4n) is 4.81. The lowest BCUT2D eigenvalue weighted by Gasteiger charge is -2.26. The molecule has 1 fully saturated rings. The van der Waals surface area contributed by atoms with Crippen molar-refractivity contribution < 1.29 is 14.3 Å². The second-order valence-electron chi connectivity index (χ2n) is 9.39. The molecule has 36 heavy (non-hydrogen) atoms. The summed E-state index contributed by atoms with van der Waals surface area (Å²) in [4.78, 5) is 25.6. The minimum absolute atomic E-state index is 0.00472. The van der Waals surface area contributed by atoms with Crippen LogP contribution in [0.25, 0.3) is 21.5 Å². The second-order valence-corrected chi connectivity index (χ2v) is 9.39. The molecule has 6 heteroatoms. The molecule has 1 aliphatic rings. The Kier molecular flexibility index (Phi) is 7.43. The Morgan fingerprint density at radius 2 is 1.47 bits per heavy atom. The van der Waals surface area contributed by atoms with Crippen molar-refractivity contribution in [3.05, 3.63) is 90.5 Å². The molecule has 0 aromatic heterocycles. The van der Waals surface area contributed by atoms with E-state index in [0.717, 1.165) is 47.7 Å². The van der Waals surface area contributed by atoms with Crippen LogP contribution in [0.5, 0.6) is 5.75 Å². The van der Waals surface area contributed by atoms with Gasteiger partial charge in [-0.1, -0.05) is 72.8 Å². The van der Waals surface area contributed by atoms with Crippen molar-refractivity contribution in [1.82, 2.24) is 16.0 Å². The number of carbonyl (C=O) groups is 2. The first-order chi connectivity index (χ1) is 17.6. The number of ether oxygens (including phenoxy) is 1. The molecule has 0 spiro atoms. The van der Waals surface area contributed by atoms with E-state index in [1.54, 1.807) is 6.07 Å². The lowest BCUT2D eigenvalue weighted by Crippen LogP contribution is -2.48. The van der Waals surface area contributed by atoms with Gasteiger partial charge in [-0.15, -0.1) is 0 Å². The molecule has 5 rings (SSSR count). The number of rotatable bonds is 7. The second kappa shape index (κ2) is 11.2. The third kappa shape index (κ3) is 6.01. The Hall–Kier alpha value is -3.90. The van der Waals surface area contributed by atoms with Crippen LogP contribution in [0.15, 0.2) is 84.9 Å². The summed E-state index contributed by atoms with van der Waals surface area (Å²) in [6, 6.07) is 27.8. The molecule has 184 valence electrons. The third-order valence-corrected chi connectivity index (χ3v) is 6.78. The van der Waals surface area contributed by atoms with Gasteiger partial charge in [0, 0.05) is 12.5 Å². The monoisotopic (exact) mass is 481 g/mol. The lowest BCUT2D eigenvalue weighted by atomic mass is 9.96. The SMILES string of the molecule is O=C(NC[C@@H](Cc1ccc2ccccc2c1)NC(=O)C1CCNCC1)Oc1ccc2ccccc2c1. The number of hydrogen-bond donors (Lipinski definition) is 3. The molecule has 0 unspecified atom stereocenters. The standard InChI is InChI=1S/C30H31N3O3/c34-29(24-13-15-31-16-14-24)33-27(18-21-9-10-22-5-1-3-7-25(22)17-21)20-32-30(35)36-28-12-11-23-6-2-4-8-26(23)19-28/h1-12,17,19,24,27,31H,13-16,18,20H2,(H,32,35)(H,33,34)/t27-/m1/s1. The van der Waals surface area contributed by atoms with E-state index in [-0.39, 0.29) is 24.4 Å². The number of benzene rings is 4. The van der Waals surface area contributed by atoms with Crippen LogP contribution in [0.2, 0.25) is 0 Å². The zero-order chi connectivity index (χ0) is 24.7. The molecule has 1 heterocycles. The molecule has 1 atom stereocenters. The third-order valence-electron chi connectivity index (χ3n) is 6.78. The molecule has 0 aliphatic carbocycles. The van der Waals surface area contributed by atoms with E-state index in [1.165, 1.54) is 5.39 Å². The van der Waals surface area contributed by atoms with Gasteiger partial charge in [0.1, 0.15) is 5.75 Å². The highest BCUT2D eigenvalue weighted by Gasteiger charge is 2.24. The van der Waals surface area contributed by atoms with Gasteiger partial charge in [0.25, 0.3) is 0 Å². The Balaban J connectivity index is 1.25. The number of piperidine rings is 1. The van der Waals surface area contributed by atoms with Gasteiger partial charge in [0.15, 0.2) is 0 Å². The molecular formula is C30H31N3O3. The summed E-state index contributed by atoms with van der Waals surface area (Å²) in [6.07, 6.45) is 1.72. The first kappa shape index (κ1) is 23.8. The van der Waals surface area contributed by atoms with Crippen LogP contribution in [0.4, 0.5) is 4.79 Å². The number of nitrogens with one attached hydrogen (secondary N) is 3. The molecule has 1 aliphatic heterocycles. The summed E-state index contributed by atoms with van der Waals surface area (Å²) in [5, 5.41) is 13.8. The summed E-state index contributed by atoms with van der Waals surface area (Å²) < 4.78 is 5.53. The van der Waals surface area contributed by atoms with Gasteiger partial charge in [-0.3, -0.25) is 4.79 Å². The van der Waals surface area contributed by atoms with Crippen LogP contribution in [-0.4, -0.2) is 37.7 Å². The van der Waals surface area contributed by atoms with Crippen LogP contribution in [0.3, 0.4) is 0 Å². The van der Waals surface area contributed by atoms with Gasteiger partial charge < -0.3 is 20.7 Å². The van der Waals surface area contributed by atoms with Gasteiger partial charge >= 0.3 is 6.09 Å². The highest BCUT2D eigenvalue weighted by atomic mass is 16.6. The van der Waals surface area contributed by atoms with Crippen molar-refractivity contribution >= 4 is 33.5 Å². The molecule has 1 saturated heterocycles. The van der Waals surface area contributed by atoms with E-state index < -0.39 is 6.09 Å². The summed E-state index contributed by atoms with van der Waals surface area (Å²) in [5.74, 6) is 0.526. The predicted octanol–water partition coefficient (Wildman–Crippen LogP) is 4.81. The maximum atomic E-state index is 13.0. The van der Waals surface area contributed by atoms with Crippen molar-refractivity contribution in [2.24, 2.45) is 5.92 Å². The summed E-state index contributed by atoms with van der Waals surface area (Å²) in [6.45, 7) is 1.98. The number of amides is 2. The topological polar surface area (TPSA) is 79.5 Å². The highest BCUT2D eigenvalue weighted by Crippen LogP contribution is 2.21. The van der Waals surface area contributed by atoms with Crippen molar-refractivity contribution in [2.45, 2.75) is 25.3 Å². The average molecular weight is 482 g/mol. The van der Waals surface area contributed by atoms with E-state index >= 15 is 0 Å². The van der Waals surface area contributed by atoms with E-state index in [9.17, 15) is 9.59 Å². The van der Waals surface area contributed by atoms with E-state index in [0.29, 0.717) is 12.2 Å². The highest BCUT2D eigenvalue weighted by molar-refractivity contribution is 5.85. The number of carbonyl (C=O) groups excluding carboxylic acids is 2. The van der Waals surface area contributed by atoms with Crippen molar-refractivity contribution in [3.63, 3.8) is 0 Å².